The second-order valence-electron chi connectivity index (χ2n) is 18.4. The molecule has 2 aromatic heterocycles. The van der Waals surface area contributed by atoms with E-state index in [2.05, 4.69) is 277 Å². The van der Waals surface area contributed by atoms with Crippen molar-refractivity contribution in [1.29, 1.82) is 0 Å². The van der Waals surface area contributed by atoms with Gasteiger partial charge in [0.25, 0.3) is 0 Å². The van der Waals surface area contributed by atoms with Gasteiger partial charge in [-0.1, -0.05) is 206 Å². The number of fused-ring (bicyclic) bond motifs is 9. The second-order valence-corrected chi connectivity index (χ2v) is 20.5. The number of hydrogen-bond acceptors (Lipinski definition) is 4. The summed E-state index contributed by atoms with van der Waals surface area (Å²) in [6.07, 6.45) is 0. The molecule has 0 N–H and O–H groups in total. The Morgan fingerprint density at radius 1 is 0.250 bits per heavy atom. The van der Waals surface area contributed by atoms with Crippen LogP contribution in [0.25, 0.3) is 95.3 Å². The maximum absolute atomic E-state index is 2.51. The zero-order valence-electron chi connectivity index (χ0n) is 39.1. The first kappa shape index (κ1) is 42.1. The molecular formula is C68H44N2S2. The normalized spacial score (nSPS) is 11.6. The van der Waals surface area contributed by atoms with Crippen molar-refractivity contribution in [3.63, 3.8) is 0 Å². The van der Waals surface area contributed by atoms with Gasteiger partial charge in [-0.2, -0.15) is 0 Å². The molecule has 0 radical (unpaired) electrons. The molecule has 0 unspecified atom stereocenters. The number of para-hydroxylation sites is 1. The minimum atomic E-state index is 1.08. The lowest BCUT2D eigenvalue weighted by atomic mass is 9.96. The Bertz CT molecular complexity index is 4340. The predicted molar refractivity (Wildman–Crippen MR) is 313 cm³/mol. The van der Waals surface area contributed by atoms with Gasteiger partial charge in [0.05, 0.1) is 32.1 Å². The van der Waals surface area contributed by atoms with Crippen LogP contribution in [0.1, 0.15) is 0 Å². The Morgan fingerprint density at radius 3 is 1.61 bits per heavy atom. The summed E-state index contributed by atoms with van der Waals surface area (Å²) in [5.74, 6) is 0. The van der Waals surface area contributed by atoms with Gasteiger partial charge >= 0.3 is 0 Å². The van der Waals surface area contributed by atoms with Crippen molar-refractivity contribution in [3.05, 3.63) is 267 Å². The van der Waals surface area contributed by atoms with Gasteiger partial charge in [-0.25, -0.2) is 0 Å². The third-order valence-corrected chi connectivity index (χ3v) is 16.6. The van der Waals surface area contributed by atoms with Gasteiger partial charge in [0.1, 0.15) is 0 Å². The molecule has 14 aromatic rings. The van der Waals surface area contributed by atoms with Crippen LogP contribution in [-0.4, -0.2) is 0 Å². The van der Waals surface area contributed by atoms with E-state index in [0.29, 0.717) is 0 Å². The van der Waals surface area contributed by atoms with Crippen LogP contribution in [0.5, 0.6) is 0 Å². The van der Waals surface area contributed by atoms with Crippen molar-refractivity contribution in [3.8, 4) is 33.4 Å². The van der Waals surface area contributed by atoms with Crippen LogP contribution >= 0.6 is 22.7 Å². The molecule has 0 fully saturated rings. The average Bonchev–Trinajstić information content (AvgIpc) is 4.04. The van der Waals surface area contributed by atoms with Crippen LogP contribution in [0.2, 0.25) is 0 Å². The SMILES string of the molecule is c1ccc(-c2ccc(N(c3ccccc3-c3cccc(N(c4ccc(-c5ccccc5)c5ccccc45)c4cccc5c4sc4ccccc45)c3)c3cc4ccccc4c4c3sc3ccccc34)cc2)cc1. The maximum atomic E-state index is 2.51. The molecule has 0 amide bonds. The second kappa shape index (κ2) is 17.6. The highest BCUT2D eigenvalue weighted by molar-refractivity contribution is 7.27. The summed E-state index contributed by atoms with van der Waals surface area (Å²) in [7, 11) is 0. The average molecular weight is 953 g/mol. The summed E-state index contributed by atoms with van der Waals surface area (Å²) in [6.45, 7) is 0. The third-order valence-electron chi connectivity index (χ3n) is 14.2. The highest BCUT2D eigenvalue weighted by Gasteiger charge is 2.25. The lowest BCUT2D eigenvalue weighted by Gasteiger charge is -2.30. The summed E-state index contributed by atoms with van der Waals surface area (Å²) in [4.78, 5) is 5.01. The molecule has 2 nitrogen and oxygen atoms in total. The van der Waals surface area contributed by atoms with E-state index < -0.39 is 0 Å². The molecule has 12 aromatic carbocycles. The first-order valence-electron chi connectivity index (χ1n) is 24.5. The monoisotopic (exact) mass is 952 g/mol. The minimum Gasteiger partial charge on any atom is -0.308 e. The van der Waals surface area contributed by atoms with E-state index >= 15 is 0 Å². The van der Waals surface area contributed by atoms with Crippen LogP contribution in [0.15, 0.2) is 267 Å². The smallest absolute Gasteiger partial charge is 0.0647 e. The summed E-state index contributed by atoms with van der Waals surface area (Å²) < 4.78 is 5.09. The molecule has 14 rings (SSSR count). The van der Waals surface area contributed by atoms with Gasteiger partial charge < -0.3 is 9.80 Å². The fourth-order valence-electron chi connectivity index (χ4n) is 11.0. The highest BCUT2D eigenvalue weighted by atomic mass is 32.1. The lowest BCUT2D eigenvalue weighted by Crippen LogP contribution is -2.12. The molecule has 0 saturated carbocycles. The number of nitrogens with zero attached hydrogens (tertiary/aromatic N) is 2. The molecule has 0 aliphatic heterocycles. The van der Waals surface area contributed by atoms with Crippen molar-refractivity contribution in [1.82, 2.24) is 0 Å². The van der Waals surface area contributed by atoms with Gasteiger partial charge in [0.2, 0.25) is 0 Å². The highest BCUT2D eigenvalue weighted by Crippen LogP contribution is 2.52. The van der Waals surface area contributed by atoms with Gasteiger partial charge in [-0.15, -0.1) is 22.7 Å². The Kier molecular flexibility index (Phi) is 10.3. The van der Waals surface area contributed by atoms with Crippen molar-refractivity contribution < 1.29 is 0 Å². The number of hydrogen-bond donors (Lipinski definition) is 0. The van der Waals surface area contributed by atoms with Crippen LogP contribution < -0.4 is 9.80 Å². The van der Waals surface area contributed by atoms with E-state index in [-0.39, 0.29) is 0 Å². The zero-order chi connectivity index (χ0) is 47.5. The van der Waals surface area contributed by atoms with Crippen LogP contribution in [0.3, 0.4) is 0 Å². The summed E-state index contributed by atoms with van der Waals surface area (Å²) in [6, 6.07) is 98.0. The number of rotatable bonds is 9. The molecule has 338 valence electrons. The van der Waals surface area contributed by atoms with Crippen molar-refractivity contribution in [2.45, 2.75) is 0 Å². The largest absolute Gasteiger partial charge is 0.308 e. The van der Waals surface area contributed by atoms with Crippen LogP contribution in [-0.2, 0) is 0 Å². The molecule has 0 aliphatic carbocycles. The van der Waals surface area contributed by atoms with Crippen LogP contribution in [0, 0.1) is 0 Å². The van der Waals surface area contributed by atoms with Crippen molar-refractivity contribution >= 4 is 119 Å². The zero-order valence-corrected chi connectivity index (χ0v) is 40.7. The molecule has 0 atom stereocenters. The molecule has 0 saturated heterocycles. The van der Waals surface area contributed by atoms with Gasteiger partial charge in [-0.3, -0.25) is 0 Å². The molecule has 0 aliphatic rings. The minimum absolute atomic E-state index is 1.08. The Hall–Kier alpha value is -8.80. The van der Waals surface area contributed by atoms with Gasteiger partial charge in [0, 0.05) is 53.3 Å². The van der Waals surface area contributed by atoms with Crippen LogP contribution in [0.4, 0.5) is 34.1 Å². The van der Waals surface area contributed by atoms with Crippen molar-refractivity contribution in [2.75, 3.05) is 9.80 Å². The summed E-state index contributed by atoms with van der Waals surface area (Å²) in [5.41, 5.74) is 13.8. The molecular weight excluding hydrogens is 909 g/mol. The van der Waals surface area contributed by atoms with E-state index in [0.717, 1.165) is 45.3 Å². The van der Waals surface area contributed by atoms with E-state index in [1.54, 1.807) is 0 Å². The predicted octanol–water partition coefficient (Wildman–Crippen LogP) is 20.7. The number of benzene rings is 12. The molecule has 0 spiro atoms. The standard InChI is InChI=1S/C68H44N2S2/c1-3-19-45(20-4-1)46-37-39-50(40-38-46)69(63-44-49-23-7-8-27-54(49)66-59-31-13-16-36-65(59)72-68(63)66)60-33-14-11-26-53(60)48-24-17-25-51(43-48)70(62-34-18-32-58-57-30-12-15-35-64(57)71-67(58)62)61-42-41-52(47-21-5-2-6-22-47)55-28-9-10-29-56(55)61/h1-44H. The Morgan fingerprint density at radius 2 is 0.806 bits per heavy atom. The Balaban J connectivity index is 1.00. The fourth-order valence-corrected chi connectivity index (χ4v) is 13.4. The number of anilines is 6. The van der Waals surface area contributed by atoms with Crippen molar-refractivity contribution in [2.24, 2.45) is 0 Å². The first-order valence-corrected chi connectivity index (χ1v) is 26.1. The fraction of sp³-hybridized carbons (Fsp3) is 0. The quantitative estimate of drug-likeness (QED) is 0.142. The lowest BCUT2D eigenvalue weighted by molar-refractivity contribution is 1.30. The third kappa shape index (κ3) is 7.06. The van der Waals surface area contributed by atoms with Gasteiger partial charge in [0.15, 0.2) is 0 Å². The number of thiophene rings is 2. The first-order chi connectivity index (χ1) is 35.7. The summed E-state index contributed by atoms with van der Waals surface area (Å²) >= 11 is 3.75. The Labute approximate surface area is 426 Å². The van der Waals surface area contributed by atoms with E-state index in [1.807, 2.05) is 22.7 Å². The van der Waals surface area contributed by atoms with Gasteiger partial charge in [-0.05, 0) is 105 Å². The van der Waals surface area contributed by atoms with E-state index in [4.69, 9.17) is 0 Å². The van der Waals surface area contributed by atoms with E-state index in [9.17, 15) is 0 Å². The molecule has 0 bridgehead atoms. The molecule has 2 heterocycles. The maximum Gasteiger partial charge on any atom is 0.0647 e. The summed E-state index contributed by atoms with van der Waals surface area (Å²) in [5, 5.41) is 10.0. The molecule has 72 heavy (non-hydrogen) atoms. The topological polar surface area (TPSA) is 6.48 Å². The van der Waals surface area contributed by atoms with E-state index in [1.165, 1.54) is 84.1 Å². The molecule has 4 heteroatoms.